The summed E-state index contributed by atoms with van der Waals surface area (Å²) >= 11 is 0. The first kappa shape index (κ1) is 12.0. The van der Waals surface area contributed by atoms with E-state index < -0.39 is 5.97 Å². The lowest BCUT2D eigenvalue weighted by Crippen LogP contribution is -2.01. The molecule has 0 heterocycles. The van der Waals surface area contributed by atoms with Gasteiger partial charge in [-0.3, -0.25) is 4.79 Å². The highest BCUT2D eigenvalue weighted by Gasteiger charge is 1.97. The predicted octanol–water partition coefficient (Wildman–Crippen LogP) is 1.91. The zero-order chi connectivity index (χ0) is 12.0. The quantitative estimate of drug-likeness (QED) is 0.608. The van der Waals surface area contributed by atoms with Crippen LogP contribution in [0.15, 0.2) is 35.9 Å². The fourth-order valence-corrected chi connectivity index (χ4v) is 1.09. The Hall–Kier alpha value is -2.10. The van der Waals surface area contributed by atoms with Gasteiger partial charge in [-0.25, -0.2) is 4.79 Å². The van der Waals surface area contributed by atoms with E-state index >= 15 is 0 Å². The van der Waals surface area contributed by atoms with E-state index in [1.807, 2.05) is 0 Å². The van der Waals surface area contributed by atoms with Gasteiger partial charge in [0, 0.05) is 11.6 Å². The summed E-state index contributed by atoms with van der Waals surface area (Å²) in [7, 11) is 0. The molecule has 0 fully saturated rings. The summed E-state index contributed by atoms with van der Waals surface area (Å²) in [6.45, 7) is 1.89. The van der Waals surface area contributed by atoms with Gasteiger partial charge < -0.3 is 9.84 Å². The number of hydrogen-bond donors (Lipinski definition) is 1. The maximum atomic E-state index is 10.4. The molecule has 0 aliphatic heterocycles. The molecule has 1 rings (SSSR count). The molecule has 16 heavy (non-hydrogen) atoms. The highest BCUT2D eigenvalue weighted by atomic mass is 16.5. The fourth-order valence-electron chi connectivity index (χ4n) is 1.09. The van der Waals surface area contributed by atoms with Crippen molar-refractivity contribution in [1.29, 1.82) is 0 Å². The standard InChI is InChI=1S/C12H12O4/c1-9(6-12(14)15)8-16-11-4-2-10(7-13)3-5-11/h2-7H,8H2,1H3,(H,14,15). The number of carboxylic acids is 1. The average Bonchev–Trinajstić information content (AvgIpc) is 2.26. The second-order valence-corrected chi connectivity index (χ2v) is 3.30. The maximum Gasteiger partial charge on any atom is 0.328 e. The molecule has 4 nitrogen and oxygen atoms in total. The Morgan fingerprint density at radius 3 is 2.50 bits per heavy atom. The number of carbonyl (C=O) groups is 2. The van der Waals surface area contributed by atoms with E-state index in [1.165, 1.54) is 0 Å². The zero-order valence-corrected chi connectivity index (χ0v) is 8.84. The van der Waals surface area contributed by atoms with Gasteiger partial charge in [0.1, 0.15) is 18.6 Å². The van der Waals surface area contributed by atoms with Crippen molar-refractivity contribution in [1.82, 2.24) is 0 Å². The highest BCUT2D eigenvalue weighted by molar-refractivity contribution is 5.80. The molecule has 0 amide bonds. The number of aliphatic carboxylic acids is 1. The second-order valence-electron chi connectivity index (χ2n) is 3.30. The molecule has 0 radical (unpaired) electrons. The van der Waals surface area contributed by atoms with Crippen LogP contribution in [-0.4, -0.2) is 24.0 Å². The van der Waals surface area contributed by atoms with Crippen molar-refractivity contribution in [3.8, 4) is 5.75 Å². The van der Waals surface area contributed by atoms with Crippen molar-refractivity contribution in [3.63, 3.8) is 0 Å². The van der Waals surface area contributed by atoms with E-state index in [4.69, 9.17) is 9.84 Å². The van der Waals surface area contributed by atoms with E-state index in [-0.39, 0.29) is 6.61 Å². The fraction of sp³-hybridized carbons (Fsp3) is 0.167. The maximum absolute atomic E-state index is 10.4. The summed E-state index contributed by atoms with van der Waals surface area (Å²) in [6.07, 6.45) is 1.85. The van der Waals surface area contributed by atoms with Crippen LogP contribution >= 0.6 is 0 Å². The Bertz CT molecular complexity index is 404. The molecule has 1 N–H and O–H groups in total. The van der Waals surface area contributed by atoms with Gasteiger partial charge in [0.25, 0.3) is 0 Å². The number of carbonyl (C=O) groups excluding carboxylic acids is 1. The summed E-state index contributed by atoms with van der Waals surface area (Å²) in [4.78, 5) is 20.7. The predicted molar refractivity (Wildman–Crippen MR) is 58.7 cm³/mol. The lowest BCUT2D eigenvalue weighted by molar-refractivity contribution is -0.131. The van der Waals surface area contributed by atoms with Gasteiger partial charge >= 0.3 is 5.97 Å². The Morgan fingerprint density at radius 1 is 1.38 bits per heavy atom. The van der Waals surface area contributed by atoms with Gasteiger partial charge in [0.15, 0.2) is 0 Å². The van der Waals surface area contributed by atoms with Gasteiger partial charge in [-0.15, -0.1) is 0 Å². The molecule has 0 unspecified atom stereocenters. The number of ether oxygens (including phenoxy) is 1. The largest absolute Gasteiger partial charge is 0.489 e. The average molecular weight is 220 g/mol. The molecule has 0 bridgehead atoms. The lowest BCUT2D eigenvalue weighted by atomic mass is 10.2. The minimum atomic E-state index is -0.989. The van der Waals surface area contributed by atoms with Crippen LogP contribution in [0.1, 0.15) is 17.3 Å². The Balaban J connectivity index is 2.54. The van der Waals surface area contributed by atoms with Crippen molar-refractivity contribution in [2.24, 2.45) is 0 Å². The topological polar surface area (TPSA) is 63.6 Å². The van der Waals surface area contributed by atoms with Crippen LogP contribution in [-0.2, 0) is 4.79 Å². The molecule has 0 aromatic heterocycles. The minimum Gasteiger partial charge on any atom is -0.489 e. The summed E-state index contributed by atoms with van der Waals surface area (Å²) in [5.41, 5.74) is 1.19. The number of aldehydes is 1. The Kier molecular flexibility index (Phi) is 4.27. The Labute approximate surface area is 93.2 Å². The van der Waals surface area contributed by atoms with Crippen molar-refractivity contribution in [2.75, 3.05) is 6.61 Å². The van der Waals surface area contributed by atoms with E-state index in [1.54, 1.807) is 31.2 Å². The molecule has 1 aromatic carbocycles. The third kappa shape index (κ3) is 3.96. The van der Waals surface area contributed by atoms with Crippen LogP contribution in [0.5, 0.6) is 5.75 Å². The first-order valence-corrected chi connectivity index (χ1v) is 4.70. The monoisotopic (exact) mass is 220 g/mol. The summed E-state index contributed by atoms with van der Waals surface area (Å²) in [5.74, 6) is -0.388. The first-order chi connectivity index (χ1) is 7.61. The van der Waals surface area contributed by atoms with Crippen LogP contribution in [0.2, 0.25) is 0 Å². The number of rotatable bonds is 5. The molecule has 0 atom stereocenters. The highest BCUT2D eigenvalue weighted by Crippen LogP contribution is 2.11. The van der Waals surface area contributed by atoms with Gasteiger partial charge in [0.2, 0.25) is 0 Å². The van der Waals surface area contributed by atoms with Crippen molar-refractivity contribution in [2.45, 2.75) is 6.92 Å². The van der Waals surface area contributed by atoms with E-state index in [0.717, 1.165) is 12.4 Å². The van der Waals surface area contributed by atoms with Gasteiger partial charge in [-0.05, 0) is 36.8 Å². The van der Waals surface area contributed by atoms with E-state index in [0.29, 0.717) is 16.9 Å². The van der Waals surface area contributed by atoms with Crippen molar-refractivity contribution in [3.05, 3.63) is 41.5 Å². The number of carboxylic acid groups (broad SMARTS) is 1. The third-order valence-corrected chi connectivity index (χ3v) is 1.85. The molecular weight excluding hydrogens is 208 g/mol. The van der Waals surface area contributed by atoms with Crippen LogP contribution < -0.4 is 4.74 Å². The first-order valence-electron chi connectivity index (χ1n) is 4.70. The zero-order valence-electron chi connectivity index (χ0n) is 8.84. The molecular formula is C12H12O4. The van der Waals surface area contributed by atoms with Gasteiger partial charge in [-0.1, -0.05) is 0 Å². The SMILES string of the molecule is CC(=CC(=O)O)COc1ccc(C=O)cc1. The van der Waals surface area contributed by atoms with E-state index in [2.05, 4.69) is 0 Å². The third-order valence-electron chi connectivity index (χ3n) is 1.85. The van der Waals surface area contributed by atoms with Crippen LogP contribution in [0.3, 0.4) is 0 Å². The van der Waals surface area contributed by atoms with Crippen molar-refractivity contribution < 1.29 is 19.4 Å². The number of hydrogen-bond acceptors (Lipinski definition) is 3. The van der Waals surface area contributed by atoms with Gasteiger partial charge in [-0.2, -0.15) is 0 Å². The summed E-state index contributed by atoms with van der Waals surface area (Å²) < 4.78 is 5.32. The molecule has 84 valence electrons. The molecule has 0 aliphatic carbocycles. The second kappa shape index (κ2) is 5.70. The minimum absolute atomic E-state index is 0.215. The molecule has 0 aliphatic rings. The van der Waals surface area contributed by atoms with Crippen LogP contribution in [0.25, 0.3) is 0 Å². The summed E-state index contributed by atoms with van der Waals surface area (Å²) in [6, 6.07) is 6.60. The van der Waals surface area contributed by atoms with Crippen LogP contribution in [0, 0.1) is 0 Å². The van der Waals surface area contributed by atoms with Crippen molar-refractivity contribution >= 4 is 12.3 Å². The molecule has 1 aromatic rings. The molecule has 0 saturated carbocycles. The van der Waals surface area contributed by atoms with E-state index in [9.17, 15) is 9.59 Å². The van der Waals surface area contributed by atoms with Crippen LogP contribution in [0.4, 0.5) is 0 Å². The lowest BCUT2D eigenvalue weighted by Gasteiger charge is -2.05. The normalized spacial score (nSPS) is 10.9. The smallest absolute Gasteiger partial charge is 0.328 e. The molecule has 4 heteroatoms. The molecule has 0 saturated heterocycles. The Morgan fingerprint density at radius 2 is 2.00 bits per heavy atom. The number of benzene rings is 1. The summed E-state index contributed by atoms with van der Waals surface area (Å²) in [5, 5.41) is 8.48. The van der Waals surface area contributed by atoms with Gasteiger partial charge in [0.05, 0.1) is 0 Å². The molecule has 0 spiro atoms.